The molecular weight excluding hydrogens is 440 g/mol. The first-order valence-electron chi connectivity index (χ1n) is 10.4. The van der Waals surface area contributed by atoms with Gasteiger partial charge in [-0.15, -0.1) is 11.8 Å². The van der Waals surface area contributed by atoms with Gasteiger partial charge in [-0.25, -0.2) is 9.37 Å². The number of nitrogens with zero attached hydrogens (tertiary/aromatic N) is 1. The Morgan fingerprint density at radius 1 is 1.16 bits per heavy atom. The summed E-state index contributed by atoms with van der Waals surface area (Å²) in [4.78, 5) is 17.7. The third-order valence-electron chi connectivity index (χ3n) is 5.69. The normalized spacial score (nSPS) is 14.8. The molecule has 1 aliphatic rings. The Kier molecular flexibility index (Phi) is 6.42. The lowest BCUT2D eigenvalue weighted by molar-refractivity contribution is -0.137. The molecule has 0 radical (unpaired) electrons. The molecule has 168 valence electrons. The summed E-state index contributed by atoms with van der Waals surface area (Å²) in [7, 11) is 0. The molecule has 2 aromatic carbocycles. The van der Waals surface area contributed by atoms with Crippen LogP contribution in [0.25, 0.3) is 10.9 Å². The summed E-state index contributed by atoms with van der Waals surface area (Å²) in [5.41, 5.74) is 1.02. The number of pyridine rings is 1. The first-order chi connectivity index (χ1) is 15.2. The average Bonchev–Trinajstić information content (AvgIpc) is 3.24. The van der Waals surface area contributed by atoms with Crippen LogP contribution in [0.5, 0.6) is 0 Å². The van der Waals surface area contributed by atoms with E-state index >= 15 is 0 Å². The van der Waals surface area contributed by atoms with Crippen LogP contribution in [0.3, 0.4) is 0 Å². The molecule has 0 unspecified atom stereocenters. The first kappa shape index (κ1) is 22.6. The largest absolute Gasteiger partial charge is 0.416 e. The summed E-state index contributed by atoms with van der Waals surface area (Å²) in [6.45, 7) is 1.86. The van der Waals surface area contributed by atoms with Gasteiger partial charge in [0.15, 0.2) is 0 Å². The molecular formula is C24H22F4N2OS. The van der Waals surface area contributed by atoms with Crippen LogP contribution in [0.1, 0.15) is 52.7 Å². The molecule has 1 heterocycles. The van der Waals surface area contributed by atoms with Gasteiger partial charge in [0, 0.05) is 17.2 Å². The molecule has 0 aliphatic heterocycles. The quantitative estimate of drug-likeness (QED) is 0.431. The van der Waals surface area contributed by atoms with E-state index < -0.39 is 17.6 Å². The zero-order valence-corrected chi connectivity index (χ0v) is 18.2. The Bertz CT molecular complexity index is 1160. The van der Waals surface area contributed by atoms with Gasteiger partial charge in [0.1, 0.15) is 10.8 Å². The number of halogens is 4. The zero-order chi connectivity index (χ0) is 22.9. The van der Waals surface area contributed by atoms with Crippen LogP contribution in [0.4, 0.5) is 17.6 Å². The second-order valence-corrected chi connectivity index (χ2v) is 9.27. The Labute approximate surface area is 187 Å². The van der Waals surface area contributed by atoms with E-state index in [1.165, 1.54) is 30.0 Å². The molecule has 1 amide bonds. The number of thioether (sulfide) groups is 1. The van der Waals surface area contributed by atoms with E-state index in [-0.39, 0.29) is 23.2 Å². The number of nitrogens with one attached hydrogen (secondary N) is 1. The zero-order valence-electron chi connectivity index (χ0n) is 17.4. The Morgan fingerprint density at radius 3 is 2.59 bits per heavy atom. The van der Waals surface area contributed by atoms with Crippen molar-refractivity contribution in [3.63, 3.8) is 0 Å². The summed E-state index contributed by atoms with van der Waals surface area (Å²) in [5.74, 6) is -0.764. The molecule has 4 rings (SSSR count). The molecule has 32 heavy (non-hydrogen) atoms. The molecule has 0 atom stereocenters. The van der Waals surface area contributed by atoms with Crippen LogP contribution in [-0.2, 0) is 12.7 Å². The van der Waals surface area contributed by atoms with E-state index in [2.05, 4.69) is 10.3 Å². The lowest BCUT2D eigenvalue weighted by Crippen LogP contribution is -2.25. The first-order valence-corrected chi connectivity index (χ1v) is 11.3. The van der Waals surface area contributed by atoms with Crippen LogP contribution in [-0.4, -0.2) is 16.1 Å². The predicted molar refractivity (Wildman–Crippen MR) is 117 cm³/mol. The number of rotatable bonds is 5. The predicted octanol–water partition coefficient (Wildman–Crippen LogP) is 6.67. The molecule has 0 bridgehead atoms. The van der Waals surface area contributed by atoms with Crippen molar-refractivity contribution in [2.75, 3.05) is 0 Å². The fraction of sp³-hybridized carbons (Fsp3) is 0.333. The summed E-state index contributed by atoms with van der Waals surface area (Å²) in [5, 5.41) is 4.03. The fourth-order valence-electron chi connectivity index (χ4n) is 4.01. The van der Waals surface area contributed by atoms with E-state index in [4.69, 9.17) is 0 Å². The second kappa shape index (κ2) is 9.10. The van der Waals surface area contributed by atoms with Gasteiger partial charge in [-0.05, 0) is 55.2 Å². The van der Waals surface area contributed by atoms with Crippen LogP contribution < -0.4 is 5.32 Å². The summed E-state index contributed by atoms with van der Waals surface area (Å²) >= 11 is 1.46. The Balaban J connectivity index is 1.72. The molecule has 3 nitrogen and oxygen atoms in total. The van der Waals surface area contributed by atoms with Gasteiger partial charge < -0.3 is 5.32 Å². The maximum atomic E-state index is 13.5. The van der Waals surface area contributed by atoms with Crippen molar-refractivity contribution in [1.29, 1.82) is 0 Å². The maximum absolute atomic E-state index is 13.5. The minimum atomic E-state index is -4.47. The van der Waals surface area contributed by atoms with Crippen molar-refractivity contribution in [3.8, 4) is 0 Å². The lowest BCUT2D eigenvalue weighted by atomic mass is 10.0. The minimum absolute atomic E-state index is 0.134. The van der Waals surface area contributed by atoms with Crippen LogP contribution in [0.15, 0.2) is 47.5 Å². The number of hydrogen-bond acceptors (Lipinski definition) is 3. The van der Waals surface area contributed by atoms with Gasteiger partial charge in [-0.1, -0.05) is 31.0 Å². The Morgan fingerprint density at radius 2 is 1.91 bits per heavy atom. The van der Waals surface area contributed by atoms with Crippen LogP contribution >= 0.6 is 11.8 Å². The molecule has 1 fully saturated rings. The molecule has 0 spiro atoms. The van der Waals surface area contributed by atoms with Gasteiger partial charge in [-0.3, -0.25) is 4.79 Å². The number of fused-ring (bicyclic) bond motifs is 1. The molecule has 1 saturated carbocycles. The molecule has 1 aromatic heterocycles. The second-order valence-electron chi connectivity index (χ2n) is 7.98. The minimum Gasteiger partial charge on any atom is -0.348 e. The van der Waals surface area contributed by atoms with E-state index in [0.29, 0.717) is 27.1 Å². The van der Waals surface area contributed by atoms with Crippen molar-refractivity contribution in [2.45, 2.75) is 55.6 Å². The highest BCUT2D eigenvalue weighted by molar-refractivity contribution is 8.00. The van der Waals surface area contributed by atoms with Crippen LogP contribution in [0, 0.1) is 12.7 Å². The number of carbonyl (C=O) groups is 1. The molecule has 8 heteroatoms. The highest BCUT2D eigenvalue weighted by atomic mass is 32.2. The summed E-state index contributed by atoms with van der Waals surface area (Å²) in [6.07, 6.45) is -0.330. The van der Waals surface area contributed by atoms with Gasteiger partial charge in [0.25, 0.3) is 5.91 Å². The molecule has 1 N–H and O–H groups in total. The van der Waals surface area contributed by atoms with Gasteiger partial charge in [0.2, 0.25) is 0 Å². The van der Waals surface area contributed by atoms with Crippen molar-refractivity contribution in [2.24, 2.45) is 0 Å². The third kappa shape index (κ3) is 4.90. The highest BCUT2D eigenvalue weighted by Crippen LogP contribution is 2.39. The SMILES string of the molecule is Cc1c(C(=O)NCc2cccc(F)c2)c(SC2CCCC2)nc2cc(C(F)(F)F)ccc12. The topological polar surface area (TPSA) is 42.0 Å². The monoisotopic (exact) mass is 462 g/mol. The number of carbonyl (C=O) groups excluding carboxylic acids is 1. The number of amides is 1. The van der Waals surface area contributed by atoms with E-state index in [0.717, 1.165) is 37.8 Å². The van der Waals surface area contributed by atoms with Crippen molar-refractivity contribution >= 4 is 28.6 Å². The van der Waals surface area contributed by atoms with Crippen molar-refractivity contribution in [1.82, 2.24) is 10.3 Å². The standard InChI is InChI=1S/C24H22F4N2OS/c1-14-19-10-9-16(24(26,27)28)12-20(19)30-23(32-18-7-2-3-8-18)21(14)22(31)29-13-15-5-4-6-17(25)11-15/h4-6,9-12,18H,2-3,7-8,13H2,1H3,(H,29,31). The third-order valence-corrected chi connectivity index (χ3v) is 7.01. The average molecular weight is 463 g/mol. The lowest BCUT2D eigenvalue weighted by Gasteiger charge is -2.17. The smallest absolute Gasteiger partial charge is 0.348 e. The number of aryl methyl sites for hydroxylation is 1. The van der Waals surface area contributed by atoms with E-state index in [9.17, 15) is 22.4 Å². The molecule has 3 aromatic rings. The summed E-state index contributed by atoms with van der Waals surface area (Å²) in [6, 6.07) is 9.37. The molecule has 1 aliphatic carbocycles. The van der Waals surface area contributed by atoms with Gasteiger partial charge in [0.05, 0.1) is 16.6 Å². The summed E-state index contributed by atoms with van der Waals surface area (Å²) < 4.78 is 53.1. The van der Waals surface area contributed by atoms with Gasteiger partial charge in [-0.2, -0.15) is 13.2 Å². The number of alkyl halides is 3. The van der Waals surface area contributed by atoms with Crippen LogP contribution in [0.2, 0.25) is 0 Å². The number of aromatic nitrogens is 1. The number of hydrogen-bond donors (Lipinski definition) is 1. The maximum Gasteiger partial charge on any atom is 0.416 e. The number of benzene rings is 2. The van der Waals surface area contributed by atoms with Crippen molar-refractivity contribution < 1.29 is 22.4 Å². The van der Waals surface area contributed by atoms with Gasteiger partial charge >= 0.3 is 6.18 Å². The van der Waals surface area contributed by atoms with E-state index in [1.54, 1.807) is 19.1 Å². The highest BCUT2D eigenvalue weighted by Gasteiger charge is 2.31. The Hall–Kier alpha value is -2.61. The van der Waals surface area contributed by atoms with Crippen molar-refractivity contribution in [3.05, 3.63) is 70.5 Å². The fourth-order valence-corrected chi connectivity index (χ4v) is 5.41. The molecule has 0 saturated heterocycles. The van der Waals surface area contributed by atoms with E-state index in [1.807, 2.05) is 0 Å².